The number of halogens is 1. The zero-order valence-corrected chi connectivity index (χ0v) is 13.9. The van der Waals surface area contributed by atoms with Crippen LogP contribution in [0, 0.1) is 12.7 Å². The van der Waals surface area contributed by atoms with Crippen molar-refractivity contribution in [1.29, 1.82) is 0 Å². The maximum atomic E-state index is 13.5. The normalized spacial score (nSPS) is 11.7. The molecule has 0 aliphatic rings. The van der Waals surface area contributed by atoms with Gasteiger partial charge in [-0.2, -0.15) is 0 Å². The minimum atomic E-state index is -3.61. The molecular weight excluding hydrogens is 327 g/mol. The standard InChI is InChI=1S/C14H15FN2O3S2/c1-9-13(22(19,20)17(2)3)8-12(21-9)14(18)16-11-7-5-4-6-10(11)15/h4-8H,1-3H3,(H,16,18). The van der Waals surface area contributed by atoms with Crippen molar-refractivity contribution in [2.24, 2.45) is 0 Å². The van der Waals surface area contributed by atoms with E-state index in [2.05, 4.69) is 5.32 Å². The van der Waals surface area contributed by atoms with E-state index in [0.717, 1.165) is 15.6 Å². The van der Waals surface area contributed by atoms with Crippen molar-refractivity contribution in [2.45, 2.75) is 11.8 Å². The Labute approximate surface area is 132 Å². The predicted octanol–water partition coefficient (Wildman–Crippen LogP) is 2.70. The number of hydrogen-bond acceptors (Lipinski definition) is 4. The van der Waals surface area contributed by atoms with E-state index in [0.29, 0.717) is 4.88 Å². The predicted molar refractivity (Wildman–Crippen MR) is 84.3 cm³/mol. The summed E-state index contributed by atoms with van der Waals surface area (Å²) < 4.78 is 38.9. The van der Waals surface area contributed by atoms with E-state index < -0.39 is 21.7 Å². The van der Waals surface area contributed by atoms with Gasteiger partial charge in [0, 0.05) is 19.0 Å². The number of rotatable bonds is 4. The molecule has 1 amide bonds. The molecule has 0 saturated carbocycles. The molecule has 1 N–H and O–H groups in total. The number of sulfonamides is 1. The van der Waals surface area contributed by atoms with E-state index in [1.807, 2.05) is 0 Å². The summed E-state index contributed by atoms with van der Waals surface area (Å²) in [6.45, 7) is 1.63. The molecule has 0 unspecified atom stereocenters. The van der Waals surface area contributed by atoms with Gasteiger partial charge < -0.3 is 5.32 Å². The van der Waals surface area contributed by atoms with Gasteiger partial charge in [0.15, 0.2) is 0 Å². The number of benzene rings is 1. The molecule has 118 valence electrons. The first-order valence-corrected chi connectivity index (χ1v) is 8.58. The molecule has 0 radical (unpaired) electrons. The Morgan fingerprint density at radius 2 is 1.91 bits per heavy atom. The van der Waals surface area contributed by atoms with Crippen molar-refractivity contribution in [1.82, 2.24) is 4.31 Å². The number of carbonyl (C=O) groups is 1. The summed E-state index contributed by atoms with van der Waals surface area (Å²) >= 11 is 1.05. The smallest absolute Gasteiger partial charge is 0.265 e. The highest BCUT2D eigenvalue weighted by Crippen LogP contribution is 2.28. The van der Waals surface area contributed by atoms with Crippen molar-refractivity contribution in [3.05, 3.63) is 45.9 Å². The molecule has 0 fully saturated rings. The Balaban J connectivity index is 2.32. The highest BCUT2D eigenvalue weighted by molar-refractivity contribution is 7.89. The van der Waals surface area contributed by atoms with E-state index >= 15 is 0 Å². The minimum absolute atomic E-state index is 0.0515. The van der Waals surface area contributed by atoms with Crippen LogP contribution in [0.2, 0.25) is 0 Å². The molecule has 1 heterocycles. The fourth-order valence-electron chi connectivity index (χ4n) is 1.78. The lowest BCUT2D eigenvalue weighted by Crippen LogP contribution is -2.22. The van der Waals surface area contributed by atoms with Crippen LogP contribution in [0.1, 0.15) is 14.5 Å². The van der Waals surface area contributed by atoms with Gasteiger partial charge in [0.25, 0.3) is 5.91 Å². The number of hydrogen-bond donors (Lipinski definition) is 1. The lowest BCUT2D eigenvalue weighted by molar-refractivity contribution is 0.103. The lowest BCUT2D eigenvalue weighted by Gasteiger charge is -2.10. The van der Waals surface area contributed by atoms with Gasteiger partial charge in [-0.1, -0.05) is 12.1 Å². The highest BCUT2D eigenvalue weighted by Gasteiger charge is 2.24. The first kappa shape index (κ1) is 16.6. The number of nitrogens with zero attached hydrogens (tertiary/aromatic N) is 1. The van der Waals surface area contributed by atoms with Crippen LogP contribution in [0.3, 0.4) is 0 Å². The Morgan fingerprint density at radius 1 is 1.27 bits per heavy atom. The Hall–Kier alpha value is -1.77. The molecule has 5 nitrogen and oxygen atoms in total. The maximum absolute atomic E-state index is 13.5. The second kappa shape index (κ2) is 6.15. The van der Waals surface area contributed by atoms with Crippen LogP contribution in [0.4, 0.5) is 10.1 Å². The van der Waals surface area contributed by atoms with E-state index in [4.69, 9.17) is 0 Å². The summed E-state index contributed by atoms with van der Waals surface area (Å²) in [5.41, 5.74) is 0.0515. The molecule has 0 spiro atoms. The summed E-state index contributed by atoms with van der Waals surface area (Å²) in [6, 6.07) is 7.09. The average molecular weight is 342 g/mol. The number of anilines is 1. The van der Waals surface area contributed by atoms with Crippen molar-refractivity contribution in [2.75, 3.05) is 19.4 Å². The Morgan fingerprint density at radius 3 is 2.50 bits per heavy atom. The van der Waals surface area contributed by atoms with Crippen molar-refractivity contribution >= 4 is 33.0 Å². The van der Waals surface area contributed by atoms with E-state index in [-0.39, 0.29) is 15.5 Å². The third-order valence-corrected chi connectivity index (χ3v) is 6.10. The monoisotopic (exact) mass is 342 g/mol. The molecular formula is C14H15FN2O3S2. The number of amides is 1. The zero-order valence-electron chi connectivity index (χ0n) is 12.3. The SMILES string of the molecule is Cc1sc(C(=O)Nc2ccccc2F)cc1S(=O)(=O)N(C)C. The minimum Gasteiger partial charge on any atom is -0.319 e. The van der Waals surface area contributed by atoms with Gasteiger partial charge in [-0.15, -0.1) is 11.3 Å². The molecule has 22 heavy (non-hydrogen) atoms. The van der Waals surface area contributed by atoms with Crippen LogP contribution in [0.25, 0.3) is 0 Å². The summed E-state index contributed by atoms with van der Waals surface area (Å²) in [6.07, 6.45) is 0. The molecule has 0 bridgehead atoms. The average Bonchev–Trinajstić information content (AvgIpc) is 2.84. The highest BCUT2D eigenvalue weighted by atomic mass is 32.2. The molecule has 0 saturated heterocycles. The van der Waals surface area contributed by atoms with E-state index in [9.17, 15) is 17.6 Å². The molecule has 1 aromatic carbocycles. The molecule has 0 aliphatic heterocycles. The molecule has 8 heteroatoms. The van der Waals surface area contributed by atoms with Gasteiger partial charge in [-0.3, -0.25) is 4.79 Å². The maximum Gasteiger partial charge on any atom is 0.265 e. The summed E-state index contributed by atoms with van der Waals surface area (Å²) in [7, 11) is -0.767. The number of para-hydroxylation sites is 1. The van der Waals surface area contributed by atoms with Gasteiger partial charge in [0.2, 0.25) is 10.0 Å². The van der Waals surface area contributed by atoms with Crippen LogP contribution < -0.4 is 5.32 Å². The summed E-state index contributed by atoms with van der Waals surface area (Å²) in [5.74, 6) is -1.09. The quantitative estimate of drug-likeness (QED) is 0.929. The third-order valence-electron chi connectivity index (χ3n) is 2.98. The largest absolute Gasteiger partial charge is 0.319 e. The van der Waals surface area contributed by atoms with E-state index in [1.54, 1.807) is 13.0 Å². The van der Waals surface area contributed by atoms with Gasteiger partial charge >= 0.3 is 0 Å². The van der Waals surface area contributed by atoms with Crippen molar-refractivity contribution < 1.29 is 17.6 Å². The van der Waals surface area contributed by atoms with Crippen molar-refractivity contribution in [3.8, 4) is 0 Å². The number of thiophene rings is 1. The van der Waals surface area contributed by atoms with Crippen LogP contribution in [0.15, 0.2) is 35.2 Å². The topological polar surface area (TPSA) is 66.5 Å². The number of carbonyl (C=O) groups excluding carboxylic acids is 1. The van der Waals surface area contributed by atoms with Gasteiger partial charge in [0.1, 0.15) is 5.82 Å². The molecule has 2 rings (SSSR count). The van der Waals surface area contributed by atoms with E-state index in [1.165, 1.54) is 38.4 Å². The fourth-order valence-corrected chi connectivity index (χ4v) is 4.13. The molecule has 1 aromatic heterocycles. The van der Waals surface area contributed by atoms with Crippen LogP contribution in [0.5, 0.6) is 0 Å². The lowest BCUT2D eigenvalue weighted by atomic mass is 10.3. The van der Waals surface area contributed by atoms with Crippen molar-refractivity contribution in [3.63, 3.8) is 0 Å². The summed E-state index contributed by atoms with van der Waals surface area (Å²) in [4.78, 5) is 13.0. The van der Waals surface area contributed by atoms with Crippen LogP contribution >= 0.6 is 11.3 Å². The van der Waals surface area contributed by atoms with Crippen LogP contribution in [-0.4, -0.2) is 32.7 Å². The second-order valence-electron chi connectivity index (χ2n) is 4.75. The zero-order chi connectivity index (χ0) is 16.5. The first-order valence-electron chi connectivity index (χ1n) is 6.32. The number of nitrogens with one attached hydrogen (secondary N) is 1. The first-order chi connectivity index (χ1) is 10.2. The number of aryl methyl sites for hydroxylation is 1. The van der Waals surface area contributed by atoms with Gasteiger partial charge in [0.05, 0.1) is 15.5 Å². The molecule has 0 aliphatic carbocycles. The van der Waals surface area contributed by atoms with Gasteiger partial charge in [-0.25, -0.2) is 17.1 Å². The Bertz CT molecular complexity index is 813. The Kier molecular flexibility index (Phi) is 4.64. The fraction of sp³-hybridized carbons (Fsp3) is 0.214. The molecule has 0 atom stereocenters. The van der Waals surface area contributed by atoms with Crippen LogP contribution in [-0.2, 0) is 10.0 Å². The summed E-state index contributed by atoms with van der Waals surface area (Å²) in [5, 5.41) is 2.44. The third kappa shape index (κ3) is 3.18. The van der Waals surface area contributed by atoms with Gasteiger partial charge in [-0.05, 0) is 25.1 Å². The molecule has 2 aromatic rings. The second-order valence-corrected chi connectivity index (χ2v) is 8.13.